The molecule has 2 rings (SSSR count). The number of hydrogen-bond acceptors (Lipinski definition) is 3. The van der Waals surface area contributed by atoms with Crippen LogP contribution in [0.15, 0.2) is 30.3 Å². The third-order valence-corrected chi connectivity index (χ3v) is 4.51. The molecule has 0 aromatic heterocycles. The summed E-state index contributed by atoms with van der Waals surface area (Å²) in [6.45, 7) is 3.00. The van der Waals surface area contributed by atoms with Gasteiger partial charge in [-0.25, -0.2) is 0 Å². The minimum Gasteiger partial charge on any atom is -0.354 e. The summed E-state index contributed by atoms with van der Waals surface area (Å²) >= 11 is 1.53. The second kappa shape index (κ2) is 6.79. The van der Waals surface area contributed by atoms with Gasteiger partial charge in [0.25, 0.3) is 0 Å². The van der Waals surface area contributed by atoms with E-state index in [0.717, 1.165) is 5.56 Å². The molecule has 0 saturated carbocycles. The van der Waals surface area contributed by atoms with Gasteiger partial charge in [0.15, 0.2) is 0 Å². The molecule has 1 aromatic carbocycles. The van der Waals surface area contributed by atoms with Crippen molar-refractivity contribution in [2.24, 2.45) is 0 Å². The molecule has 0 aliphatic carbocycles. The quantitative estimate of drug-likeness (QED) is 0.924. The average molecular weight is 292 g/mol. The highest BCUT2D eigenvalue weighted by atomic mass is 32.2. The first kappa shape index (κ1) is 14.9. The maximum Gasteiger partial charge on any atom is 0.235 e. The van der Waals surface area contributed by atoms with Crippen molar-refractivity contribution in [3.8, 4) is 0 Å². The number of carbonyl (C=O) groups is 2. The van der Waals surface area contributed by atoms with Crippen molar-refractivity contribution in [3.05, 3.63) is 35.9 Å². The van der Waals surface area contributed by atoms with Crippen molar-refractivity contribution in [3.63, 3.8) is 0 Å². The zero-order valence-electron chi connectivity index (χ0n) is 11.8. The number of thioether (sulfide) groups is 1. The lowest BCUT2D eigenvalue weighted by molar-refractivity contribution is -0.132. The monoisotopic (exact) mass is 292 g/mol. The van der Waals surface area contributed by atoms with Gasteiger partial charge in [-0.05, 0) is 18.7 Å². The Morgan fingerprint density at radius 3 is 2.75 bits per heavy atom. The Bertz CT molecular complexity index is 478. The molecule has 1 heterocycles. The number of rotatable bonds is 3. The van der Waals surface area contributed by atoms with Crippen molar-refractivity contribution < 1.29 is 9.59 Å². The topological polar surface area (TPSA) is 49.4 Å². The van der Waals surface area contributed by atoms with Gasteiger partial charge in [0.05, 0.1) is 17.7 Å². The number of hydrogen-bond donors (Lipinski definition) is 1. The molecule has 1 fully saturated rings. The summed E-state index contributed by atoms with van der Waals surface area (Å²) in [6, 6.07) is 9.62. The summed E-state index contributed by atoms with van der Waals surface area (Å²) in [5.41, 5.74) is 1.02. The van der Waals surface area contributed by atoms with E-state index in [4.69, 9.17) is 0 Å². The van der Waals surface area contributed by atoms with Crippen LogP contribution in [0.4, 0.5) is 0 Å². The van der Waals surface area contributed by atoms with E-state index < -0.39 is 0 Å². The van der Waals surface area contributed by atoms with Crippen LogP contribution in [0.3, 0.4) is 0 Å². The van der Waals surface area contributed by atoms with E-state index in [9.17, 15) is 9.59 Å². The summed E-state index contributed by atoms with van der Waals surface area (Å²) < 4.78 is 0. The van der Waals surface area contributed by atoms with Crippen molar-refractivity contribution in [1.82, 2.24) is 10.2 Å². The molecule has 1 aliphatic rings. The predicted octanol–water partition coefficient (Wildman–Crippen LogP) is 1.83. The minimum absolute atomic E-state index is 0.00552. The van der Waals surface area contributed by atoms with E-state index in [1.54, 1.807) is 0 Å². The highest BCUT2D eigenvalue weighted by Gasteiger charge is 2.31. The summed E-state index contributed by atoms with van der Waals surface area (Å²) in [5.74, 6) is 0.105. The number of benzene rings is 1. The highest BCUT2D eigenvalue weighted by Crippen LogP contribution is 2.27. The predicted molar refractivity (Wildman–Crippen MR) is 81.5 cm³/mol. The molecule has 0 unspecified atom stereocenters. The minimum atomic E-state index is -0.166. The smallest absolute Gasteiger partial charge is 0.235 e. The summed E-state index contributed by atoms with van der Waals surface area (Å²) in [7, 11) is 0. The molecule has 1 saturated heterocycles. The maximum absolute atomic E-state index is 12.5. The average Bonchev–Trinajstić information content (AvgIpc) is 2.68. The van der Waals surface area contributed by atoms with Gasteiger partial charge in [-0.3, -0.25) is 9.59 Å². The number of carbonyl (C=O) groups excluding carboxylic acids is 2. The molecular weight excluding hydrogens is 272 g/mol. The van der Waals surface area contributed by atoms with Crippen LogP contribution in [0.5, 0.6) is 0 Å². The van der Waals surface area contributed by atoms with E-state index in [1.165, 1.54) is 11.8 Å². The third-order valence-electron chi connectivity index (χ3n) is 3.60. The first-order valence-corrected chi connectivity index (χ1v) is 8.07. The Morgan fingerprint density at radius 2 is 2.10 bits per heavy atom. The number of nitrogens with one attached hydrogen (secondary N) is 1. The van der Waals surface area contributed by atoms with Crippen LogP contribution in [0, 0.1) is 0 Å². The molecule has 1 aliphatic heterocycles. The van der Waals surface area contributed by atoms with Crippen LogP contribution in [-0.2, 0) is 9.59 Å². The van der Waals surface area contributed by atoms with Gasteiger partial charge in [0.1, 0.15) is 0 Å². The Balaban J connectivity index is 2.30. The molecule has 5 heteroatoms. The zero-order valence-corrected chi connectivity index (χ0v) is 12.7. The van der Waals surface area contributed by atoms with Crippen LogP contribution in [0.25, 0.3) is 0 Å². The Labute approximate surface area is 123 Å². The van der Waals surface area contributed by atoms with Gasteiger partial charge in [0.2, 0.25) is 11.8 Å². The van der Waals surface area contributed by atoms with Crippen LogP contribution in [0.2, 0.25) is 0 Å². The molecule has 2 atom stereocenters. The molecule has 20 heavy (non-hydrogen) atoms. The van der Waals surface area contributed by atoms with Crippen molar-refractivity contribution >= 4 is 23.6 Å². The molecule has 1 aromatic rings. The fraction of sp³-hybridized carbons (Fsp3) is 0.467. The SMILES string of the molecule is CS[C@@H](C)C(=O)N1CCNC(=O)C[C@@H]1c1ccccc1. The van der Waals surface area contributed by atoms with Crippen molar-refractivity contribution in [2.45, 2.75) is 24.6 Å². The van der Waals surface area contributed by atoms with Crippen molar-refractivity contribution in [2.75, 3.05) is 19.3 Å². The Hall–Kier alpha value is -1.49. The summed E-state index contributed by atoms with van der Waals surface area (Å²) in [6.07, 6.45) is 2.26. The zero-order chi connectivity index (χ0) is 14.5. The second-order valence-corrected chi connectivity index (χ2v) is 6.07. The van der Waals surface area contributed by atoms with Gasteiger partial charge in [-0.15, -0.1) is 0 Å². The molecule has 0 spiro atoms. The fourth-order valence-electron chi connectivity index (χ4n) is 2.40. The Morgan fingerprint density at radius 1 is 1.40 bits per heavy atom. The largest absolute Gasteiger partial charge is 0.354 e. The Kier molecular flexibility index (Phi) is 5.06. The van der Waals surface area contributed by atoms with Crippen LogP contribution < -0.4 is 5.32 Å². The third kappa shape index (κ3) is 3.33. The first-order chi connectivity index (χ1) is 9.63. The van der Waals surface area contributed by atoms with E-state index in [1.807, 2.05) is 48.4 Å². The van der Waals surface area contributed by atoms with Gasteiger partial charge < -0.3 is 10.2 Å². The standard InChI is InChI=1S/C15H20N2O2S/c1-11(20-2)15(19)17-9-8-16-14(18)10-13(17)12-6-4-3-5-7-12/h3-7,11,13H,8-10H2,1-2H3,(H,16,18)/t11-,13+/m0/s1. The van der Waals surface area contributed by atoms with Gasteiger partial charge >= 0.3 is 0 Å². The fourth-order valence-corrected chi connectivity index (χ4v) is 2.74. The van der Waals surface area contributed by atoms with Crippen LogP contribution in [-0.4, -0.2) is 41.3 Å². The summed E-state index contributed by atoms with van der Waals surface area (Å²) in [5, 5.41) is 2.76. The van der Waals surface area contributed by atoms with E-state index in [-0.39, 0.29) is 23.1 Å². The molecule has 0 radical (unpaired) electrons. The van der Waals surface area contributed by atoms with Gasteiger partial charge in [0, 0.05) is 13.1 Å². The summed E-state index contributed by atoms with van der Waals surface area (Å²) in [4.78, 5) is 26.2. The van der Waals surface area contributed by atoms with Crippen LogP contribution >= 0.6 is 11.8 Å². The van der Waals surface area contributed by atoms with E-state index >= 15 is 0 Å². The lowest BCUT2D eigenvalue weighted by Crippen LogP contribution is -2.40. The maximum atomic E-state index is 12.5. The van der Waals surface area contributed by atoms with E-state index in [2.05, 4.69) is 5.32 Å². The van der Waals surface area contributed by atoms with Gasteiger partial charge in [-0.1, -0.05) is 30.3 Å². The number of amides is 2. The normalized spacial score (nSPS) is 21.0. The molecule has 4 nitrogen and oxygen atoms in total. The first-order valence-electron chi connectivity index (χ1n) is 6.78. The lowest BCUT2D eigenvalue weighted by Gasteiger charge is -2.31. The molecule has 1 N–H and O–H groups in total. The second-order valence-electron chi connectivity index (χ2n) is 4.89. The highest BCUT2D eigenvalue weighted by molar-refractivity contribution is 7.99. The number of nitrogens with zero attached hydrogens (tertiary/aromatic N) is 1. The van der Waals surface area contributed by atoms with Crippen LogP contribution in [0.1, 0.15) is 24.9 Å². The van der Waals surface area contributed by atoms with Gasteiger partial charge in [-0.2, -0.15) is 11.8 Å². The molecule has 108 valence electrons. The molecule has 2 amide bonds. The lowest BCUT2D eigenvalue weighted by atomic mass is 10.0. The molecule has 0 bridgehead atoms. The molecular formula is C15H20N2O2S. The van der Waals surface area contributed by atoms with E-state index in [0.29, 0.717) is 19.5 Å². The van der Waals surface area contributed by atoms with Crippen molar-refractivity contribution in [1.29, 1.82) is 0 Å².